The Kier molecular flexibility index (Phi) is 3.27. The van der Waals surface area contributed by atoms with Crippen LogP contribution in [0.1, 0.15) is 20.8 Å². The van der Waals surface area contributed by atoms with Crippen molar-refractivity contribution in [3.05, 3.63) is 0 Å². The molecule has 0 atom stereocenters. The molecule has 0 radical (unpaired) electrons. The summed E-state index contributed by atoms with van der Waals surface area (Å²) in [6, 6.07) is 0. The van der Waals surface area contributed by atoms with E-state index in [-0.39, 0.29) is 12.1 Å². The van der Waals surface area contributed by atoms with E-state index in [1.165, 1.54) is 11.8 Å². The second-order valence-corrected chi connectivity index (χ2v) is 4.68. The van der Waals surface area contributed by atoms with Gasteiger partial charge in [0.25, 0.3) is 0 Å². The molecule has 1 rings (SSSR count). The molecule has 0 aliphatic carbocycles. The first-order valence-corrected chi connectivity index (χ1v) is 5.07. The van der Waals surface area contributed by atoms with Gasteiger partial charge in [-0.15, -0.1) is 5.10 Å². The van der Waals surface area contributed by atoms with Crippen LogP contribution in [0.15, 0.2) is 5.16 Å². The van der Waals surface area contributed by atoms with Crippen LogP contribution in [0.4, 0.5) is 0 Å². The number of nitrogens with zero attached hydrogens (tertiary/aromatic N) is 4. The fourth-order valence-corrected chi connectivity index (χ4v) is 1.63. The van der Waals surface area contributed by atoms with E-state index in [0.29, 0.717) is 5.75 Å². The molecular weight excluding hydrogens is 188 g/mol. The molecule has 0 aromatic carbocycles. The lowest BCUT2D eigenvalue weighted by molar-refractivity contribution is 0.316. The van der Waals surface area contributed by atoms with Gasteiger partial charge in [0.1, 0.15) is 0 Å². The van der Waals surface area contributed by atoms with Crippen molar-refractivity contribution in [2.45, 2.75) is 31.5 Å². The summed E-state index contributed by atoms with van der Waals surface area (Å²) in [7, 11) is 0. The van der Waals surface area contributed by atoms with E-state index in [4.69, 9.17) is 5.11 Å². The van der Waals surface area contributed by atoms with Crippen LogP contribution in [0.2, 0.25) is 0 Å². The smallest absolute Gasteiger partial charge is 0.209 e. The van der Waals surface area contributed by atoms with E-state index >= 15 is 0 Å². The summed E-state index contributed by atoms with van der Waals surface area (Å²) in [6.07, 6.45) is 0. The molecule has 74 valence electrons. The van der Waals surface area contributed by atoms with Crippen LogP contribution in [0.25, 0.3) is 0 Å². The molecule has 5 nitrogen and oxygen atoms in total. The zero-order valence-corrected chi connectivity index (χ0v) is 8.88. The second-order valence-electron chi connectivity index (χ2n) is 3.62. The molecule has 6 heteroatoms. The highest BCUT2D eigenvalue weighted by atomic mass is 32.2. The third-order valence-electron chi connectivity index (χ3n) is 1.40. The molecule has 13 heavy (non-hydrogen) atoms. The fourth-order valence-electron chi connectivity index (χ4n) is 0.827. The number of tetrazole rings is 1. The van der Waals surface area contributed by atoms with Gasteiger partial charge in [0.05, 0.1) is 12.1 Å². The molecule has 0 aliphatic heterocycles. The molecule has 1 N–H and O–H groups in total. The van der Waals surface area contributed by atoms with Gasteiger partial charge in [-0.2, -0.15) is 0 Å². The molecule has 0 aliphatic rings. The Balaban J connectivity index is 2.77. The number of hydrogen-bond donors (Lipinski definition) is 1. The fraction of sp³-hybridized carbons (Fsp3) is 0.857. The highest BCUT2D eigenvalue weighted by Crippen LogP contribution is 2.20. The van der Waals surface area contributed by atoms with E-state index in [0.717, 1.165) is 5.16 Å². The molecule has 0 spiro atoms. The van der Waals surface area contributed by atoms with Crippen LogP contribution in [-0.2, 0) is 5.54 Å². The molecule has 0 bridgehead atoms. The summed E-state index contributed by atoms with van der Waals surface area (Å²) in [6.45, 7) is 6.24. The van der Waals surface area contributed by atoms with Crippen LogP contribution in [-0.4, -0.2) is 37.7 Å². The van der Waals surface area contributed by atoms with Crippen molar-refractivity contribution < 1.29 is 5.11 Å². The van der Waals surface area contributed by atoms with Crippen LogP contribution in [0.3, 0.4) is 0 Å². The zero-order chi connectivity index (χ0) is 9.90. The normalized spacial score (nSPS) is 12.0. The lowest BCUT2D eigenvalue weighted by Crippen LogP contribution is -2.24. The highest BCUT2D eigenvalue weighted by molar-refractivity contribution is 7.99. The Morgan fingerprint density at radius 1 is 1.46 bits per heavy atom. The van der Waals surface area contributed by atoms with Gasteiger partial charge >= 0.3 is 0 Å². The maximum Gasteiger partial charge on any atom is 0.209 e. The van der Waals surface area contributed by atoms with E-state index < -0.39 is 0 Å². The largest absolute Gasteiger partial charge is 0.396 e. The van der Waals surface area contributed by atoms with Gasteiger partial charge < -0.3 is 5.11 Å². The lowest BCUT2D eigenvalue weighted by atomic mass is 10.1. The van der Waals surface area contributed by atoms with Crippen molar-refractivity contribution >= 4 is 11.8 Å². The van der Waals surface area contributed by atoms with E-state index in [2.05, 4.69) is 15.5 Å². The first-order valence-electron chi connectivity index (χ1n) is 4.08. The quantitative estimate of drug-likeness (QED) is 0.724. The zero-order valence-electron chi connectivity index (χ0n) is 8.06. The van der Waals surface area contributed by atoms with Crippen LogP contribution in [0.5, 0.6) is 0 Å². The average Bonchev–Trinajstić information content (AvgIpc) is 2.47. The number of rotatable bonds is 3. The van der Waals surface area contributed by atoms with E-state index in [1.807, 2.05) is 20.8 Å². The number of aromatic nitrogens is 4. The highest BCUT2D eigenvalue weighted by Gasteiger charge is 2.19. The number of thioether (sulfide) groups is 1. The molecule has 1 aromatic heterocycles. The minimum Gasteiger partial charge on any atom is -0.396 e. The minimum atomic E-state index is -0.110. The Morgan fingerprint density at radius 3 is 2.69 bits per heavy atom. The van der Waals surface area contributed by atoms with Gasteiger partial charge in [0.15, 0.2) is 0 Å². The summed E-state index contributed by atoms with van der Waals surface area (Å²) >= 11 is 1.46. The van der Waals surface area contributed by atoms with E-state index in [9.17, 15) is 0 Å². The monoisotopic (exact) mass is 202 g/mol. The summed E-state index contributed by atoms with van der Waals surface area (Å²) in [5.41, 5.74) is -0.110. The lowest BCUT2D eigenvalue weighted by Gasteiger charge is -2.19. The SMILES string of the molecule is CC(C)(C)n1nnnc1SCCO. The van der Waals surface area contributed by atoms with Crippen molar-refractivity contribution in [1.82, 2.24) is 20.2 Å². The first-order chi connectivity index (χ1) is 6.05. The molecule has 0 unspecified atom stereocenters. The second kappa shape index (κ2) is 4.06. The third-order valence-corrected chi connectivity index (χ3v) is 2.30. The predicted molar refractivity (Wildman–Crippen MR) is 50.6 cm³/mol. The van der Waals surface area contributed by atoms with Crippen molar-refractivity contribution in [3.8, 4) is 0 Å². The molecule has 0 fully saturated rings. The standard InChI is InChI=1S/C7H14N4OS/c1-7(2,3)11-6(8-9-10-11)13-5-4-12/h12H,4-5H2,1-3H3. The summed E-state index contributed by atoms with van der Waals surface area (Å²) in [5.74, 6) is 0.621. The van der Waals surface area contributed by atoms with Crippen LogP contribution >= 0.6 is 11.8 Å². The van der Waals surface area contributed by atoms with Gasteiger partial charge in [-0.25, -0.2) is 4.68 Å². The van der Waals surface area contributed by atoms with Gasteiger partial charge in [-0.3, -0.25) is 0 Å². The van der Waals surface area contributed by atoms with Gasteiger partial charge in [-0.1, -0.05) is 11.8 Å². The third kappa shape index (κ3) is 2.67. The first kappa shape index (κ1) is 10.5. The van der Waals surface area contributed by atoms with Crippen molar-refractivity contribution in [2.75, 3.05) is 12.4 Å². The molecule has 0 amide bonds. The number of hydrogen-bond acceptors (Lipinski definition) is 5. The van der Waals surface area contributed by atoms with Crippen molar-refractivity contribution in [1.29, 1.82) is 0 Å². The number of aliphatic hydroxyl groups is 1. The maximum atomic E-state index is 8.66. The van der Waals surface area contributed by atoms with Gasteiger partial charge in [-0.05, 0) is 31.2 Å². The Bertz CT molecular complexity index is 268. The Morgan fingerprint density at radius 2 is 2.15 bits per heavy atom. The van der Waals surface area contributed by atoms with E-state index in [1.54, 1.807) is 4.68 Å². The average molecular weight is 202 g/mol. The maximum absolute atomic E-state index is 8.66. The molecule has 0 saturated heterocycles. The Labute approximate surface area is 81.5 Å². The minimum absolute atomic E-state index is 0.110. The summed E-state index contributed by atoms with van der Waals surface area (Å²) in [4.78, 5) is 0. The summed E-state index contributed by atoms with van der Waals surface area (Å²) < 4.78 is 1.76. The van der Waals surface area contributed by atoms with Gasteiger partial charge in [0.2, 0.25) is 5.16 Å². The molecule has 1 aromatic rings. The topological polar surface area (TPSA) is 63.8 Å². The molecule has 0 saturated carbocycles. The molecular formula is C7H14N4OS. The summed E-state index contributed by atoms with van der Waals surface area (Å²) in [5, 5.41) is 20.8. The van der Waals surface area contributed by atoms with Crippen LogP contribution in [0, 0.1) is 0 Å². The van der Waals surface area contributed by atoms with Crippen molar-refractivity contribution in [2.24, 2.45) is 0 Å². The van der Waals surface area contributed by atoms with Crippen molar-refractivity contribution in [3.63, 3.8) is 0 Å². The molecule has 1 heterocycles. The number of aliphatic hydroxyl groups excluding tert-OH is 1. The van der Waals surface area contributed by atoms with Crippen LogP contribution < -0.4 is 0 Å². The predicted octanol–water partition coefficient (Wildman–Crippen LogP) is 0.512. The Hall–Kier alpha value is -0.620. The van der Waals surface area contributed by atoms with Gasteiger partial charge in [0, 0.05) is 5.75 Å².